The number of benzene rings is 1. The molecule has 6 heteroatoms. The van der Waals surface area contributed by atoms with Gasteiger partial charge >= 0.3 is 11.7 Å². The second-order valence-corrected chi connectivity index (χ2v) is 5.11. The van der Waals surface area contributed by atoms with Gasteiger partial charge in [-0.05, 0) is 32.9 Å². The van der Waals surface area contributed by atoms with Crippen LogP contribution in [0.15, 0.2) is 40.1 Å². The highest BCUT2D eigenvalue weighted by Crippen LogP contribution is 2.07. The lowest BCUT2D eigenvalue weighted by Crippen LogP contribution is -2.41. The van der Waals surface area contributed by atoms with Crippen LogP contribution >= 0.6 is 0 Å². The molecule has 0 bridgehead atoms. The molecule has 0 radical (unpaired) electrons. The van der Waals surface area contributed by atoms with Crippen LogP contribution < -0.4 is 11.2 Å². The summed E-state index contributed by atoms with van der Waals surface area (Å²) >= 11 is 0. The monoisotopic (exact) mass is 288 g/mol. The summed E-state index contributed by atoms with van der Waals surface area (Å²) in [6.07, 6.45) is 1.10. The van der Waals surface area contributed by atoms with Crippen molar-refractivity contribution in [2.75, 3.05) is 0 Å². The average Bonchev–Trinajstić information content (AvgIpc) is 2.40. The number of carbonyl (C=O) groups is 1. The minimum atomic E-state index is -1.35. The Labute approximate surface area is 120 Å². The zero-order chi connectivity index (χ0) is 15.7. The van der Waals surface area contributed by atoms with Gasteiger partial charge in [0.1, 0.15) is 5.56 Å². The smallest absolute Gasteiger partial charge is 0.342 e. The molecule has 6 nitrogen and oxygen atoms in total. The fraction of sp³-hybridized carbons (Fsp3) is 0.267. The summed E-state index contributed by atoms with van der Waals surface area (Å²) in [7, 11) is 0. The molecule has 2 aromatic rings. The van der Waals surface area contributed by atoms with E-state index >= 15 is 0 Å². The van der Waals surface area contributed by atoms with Crippen molar-refractivity contribution in [3.8, 4) is 5.69 Å². The molecule has 0 aliphatic heterocycles. The summed E-state index contributed by atoms with van der Waals surface area (Å²) in [5, 5.41) is 9.15. The van der Waals surface area contributed by atoms with Gasteiger partial charge in [0.15, 0.2) is 0 Å². The topological polar surface area (TPSA) is 81.3 Å². The summed E-state index contributed by atoms with van der Waals surface area (Å²) in [6, 6.07) is 6.50. The Bertz CT molecular complexity index is 798. The third kappa shape index (κ3) is 2.65. The maximum atomic E-state index is 12.4. The Morgan fingerprint density at radius 1 is 1.14 bits per heavy atom. The van der Waals surface area contributed by atoms with Crippen LogP contribution in [0.2, 0.25) is 0 Å². The molecule has 0 unspecified atom stereocenters. The Morgan fingerprint density at radius 2 is 1.71 bits per heavy atom. The van der Waals surface area contributed by atoms with E-state index in [0.29, 0.717) is 5.69 Å². The van der Waals surface area contributed by atoms with Gasteiger partial charge in [0.25, 0.3) is 5.56 Å². The lowest BCUT2D eigenvalue weighted by Gasteiger charge is -2.14. The molecule has 1 aromatic heterocycles. The van der Waals surface area contributed by atoms with Gasteiger partial charge in [-0.1, -0.05) is 17.7 Å². The highest BCUT2D eigenvalue weighted by molar-refractivity contribution is 5.86. The van der Waals surface area contributed by atoms with Crippen LogP contribution in [0.5, 0.6) is 0 Å². The maximum Gasteiger partial charge on any atom is 0.342 e. The van der Waals surface area contributed by atoms with Crippen LogP contribution in [0.4, 0.5) is 0 Å². The average molecular weight is 288 g/mol. The third-order valence-electron chi connectivity index (χ3n) is 3.19. The molecule has 0 atom stereocenters. The molecule has 0 aliphatic carbocycles. The van der Waals surface area contributed by atoms with E-state index in [0.717, 1.165) is 16.3 Å². The Balaban J connectivity index is 2.87. The second kappa shape index (κ2) is 5.40. The summed E-state index contributed by atoms with van der Waals surface area (Å²) in [6.45, 7) is 5.38. The van der Waals surface area contributed by atoms with E-state index in [4.69, 9.17) is 5.11 Å². The SMILES string of the molecule is Cc1ccc(-n2c(=O)c(C(=O)O)cn(C(C)C)c2=O)cc1. The number of rotatable bonds is 3. The van der Waals surface area contributed by atoms with Crippen molar-refractivity contribution in [2.24, 2.45) is 0 Å². The van der Waals surface area contributed by atoms with E-state index in [1.165, 1.54) is 4.57 Å². The number of carboxylic acid groups (broad SMARTS) is 1. The van der Waals surface area contributed by atoms with Crippen molar-refractivity contribution in [3.05, 3.63) is 62.4 Å². The van der Waals surface area contributed by atoms with Crippen LogP contribution in [0.25, 0.3) is 5.69 Å². The van der Waals surface area contributed by atoms with Crippen molar-refractivity contribution in [1.82, 2.24) is 9.13 Å². The van der Waals surface area contributed by atoms with Gasteiger partial charge in [-0.2, -0.15) is 0 Å². The van der Waals surface area contributed by atoms with E-state index < -0.39 is 22.8 Å². The van der Waals surface area contributed by atoms with Gasteiger partial charge in [-0.15, -0.1) is 0 Å². The number of carboxylic acids is 1. The summed E-state index contributed by atoms with van der Waals surface area (Å²) in [5.41, 5.74) is -0.473. The Morgan fingerprint density at radius 3 is 2.19 bits per heavy atom. The van der Waals surface area contributed by atoms with Crippen LogP contribution in [0.3, 0.4) is 0 Å². The molecular weight excluding hydrogens is 272 g/mol. The van der Waals surface area contributed by atoms with E-state index in [-0.39, 0.29) is 6.04 Å². The largest absolute Gasteiger partial charge is 0.477 e. The van der Waals surface area contributed by atoms with Gasteiger partial charge < -0.3 is 5.11 Å². The quantitative estimate of drug-likeness (QED) is 0.929. The molecule has 0 amide bonds. The molecule has 110 valence electrons. The molecule has 21 heavy (non-hydrogen) atoms. The first-order valence-corrected chi connectivity index (χ1v) is 6.51. The van der Waals surface area contributed by atoms with Crippen molar-refractivity contribution in [1.29, 1.82) is 0 Å². The molecule has 1 heterocycles. The molecule has 1 aromatic carbocycles. The zero-order valence-corrected chi connectivity index (χ0v) is 12.0. The summed E-state index contributed by atoms with van der Waals surface area (Å²) in [4.78, 5) is 35.9. The van der Waals surface area contributed by atoms with Crippen molar-refractivity contribution >= 4 is 5.97 Å². The van der Waals surface area contributed by atoms with Gasteiger partial charge in [-0.3, -0.25) is 9.36 Å². The standard InChI is InChI=1S/C15H16N2O4/c1-9(2)16-8-12(14(19)20)13(18)17(15(16)21)11-6-4-10(3)5-7-11/h4-9H,1-3H3,(H,19,20). The normalized spacial score (nSPS) is 10.9. The minimum Gasteiger partial charge on any atom is -0.477 e. The highest BCUT2D eigenvalue weighted by atomic mass is 16.4. The summed E-state index contributed by atoms with van der Waals surface area (Å²) < 4.78 is 2.13. The highest BCUT2D eigenvalue weighted by Gasteiger charge is 2.18. The van der Waals surface area contributed by atoms with Crippen molar-refractivity contribution < 1.29 is 9.90 Å². The lowest BCUT2D eigenvalue weighted by atomic mass is 10.2. The molecule has 0 saturated carbocycles. The number of hydrogen-bond acceptors (Lipinski definition) is 3. The first-order valence-electron chi connectivity index (χ1n) is 6.51. The molecule has 0 fully saturated rings. The predicted octanol–water partition coefficient (Wildman–Crippen LogP) is 1.59. The fourth-order valence-corrected chi connectivity index (χ4v) is 2.01. The van der Waals surface area contributed by atoms with Crippen molar-refractivity contribution in [3.63, 3.8) is 0 Å². The maximum absolute atomic E-state index is 12.4. The minimum absolute atomic E-state index is 0.257. The van der Waals surface area contributed by atoms with Crippen LogP contribution in [-0.2, 0) is 0 Å². The van der Waals surface area contributed by atoms with Gasteiger partial charge in [0.05, 0.1) is 5.69 Å². The molecule has 1 N–H and O–H groups in total. The first kappa shape index (κ1) is 14.8. The van der Waals surface area contributed by atoms with Crippen molar-refractivity contribution in [2.45, 2.75) is 26.8 Å². The van der Waals surface area contributed by atoms with Gasteiger partial charge in [0, 0.05) is 12.2 Å². The van der Waals surface area contributed by atoms with Gasteiger partial charge in [-0.25, -0.2) is 14.2 Å². The number of aryl methyl sites for hydroxylation is 1. The number of aromatic nitrogens is 2. The van der Waals surface area contributed by atoms with Gasteiger partial charge in [0.2, 0.25) is 0 Å². The lowest BCUT2D eigenvalue weighted by molar-refractivity contribution is 0.0693. The Hall–Kier alpha value is -2.63. The summed E-state index contributed by atoms with van der Waals surface area (Å²) in [5.74, 6) is -1.35. The third-order valence-corrected chi connectivity index (χ3v) is 3.19. The molecule has 2 rings (SSSR count). The van der Waals surface area contributed by atoms with E-state index in [1.54, 1.807) is 38.1 Å². The van der Waals surface area contributed by atoms with Crippen LogP contribution in [0.1, 0.15) is 35.8 Å². The Kier molecular flexibility index (Phi) is 3.80. The molecule has 0 saturated heterocycles. The fourth-order valence-electron chi connectivity index (χ4n) is 2.01. The molecule has 0 aliphatic rings. The van der Waals surface area contributed by atoms with E-state index in [2.05, 4.69) is 0 Å². The van der Waals surface area contributed by atoms with Crippen LogP contribution in [-0.4, -0.2) is 20.2 Å². The second-order valence-electron chi connectivity index (χ2n) is 5.11. The van der Waals surface area contributed by atoms with E-state index in [9.17, 15) is 14.4 Å². The number of hydrogen-bond donors (Lipinski definition) is 1. The van der Waals surface area contributed by atoms with E-state index in [1.807, 2.05) is 6.92 Å². The first-order chi connectivity index (χ1) is 9.82. The predicted molar refractivity (Wildman–Crippen MR) is 78.4 cm³/mol. The molecule has 0 spiro atoms. The van der Waals surface area contributed by atoms with Crippen LogP contribution in [0, 0.1) is 6.92 Å². The number of aromatic carboxylic acids is 1. The number of nitrogens with zero attached hydrogens (tertiary/aromatic N) is 2. The zero-order valence-electron chi connectivity index (χ0n) is 12.0. The molecular formula is C15H16N2O4.